The molecule has 1 aromatic rings. The third-order valence-corrected chi connectivity index (χ3v) is 5.61. The molecule has 0 amide bonds. The van der Waals surface area contributed by atoms with E-state index in [1.165, 1.54) is 67.3 Å². The normalized spacial score (nSPS) is 20.0. The van der Waals surface area contributed by atoms with Crippen molar-refractivity contribution in [3.05, 3.63) is 28.2 Å². The lowest BCUT2D eigenvalue weighted by molar-refractivity contribution is 0.378. The molecule has 21 heavy (non-hydrogen) atoms. The standard InChI is InChI=1S/C18H27BrN2/c1-2-3-14-8-10-21(11-9-14)17-7-4-15(18(19)12-17)13-20-16-5-6-16/h4,7,12,14,16,20H,2-3,5-6,8-11,13H2,1H3. The van der Waals surface area contributed by atoms with Gasteiger partial charge >= 0.3 is 0 Å². The van der Waals surface area contributed by atoms with Crippen LogP contribution in [0.4, 0.5) is 5.69 Å². The molecule has 3 rings (SSSR count). The van der Waals surface area contributed by atoms with Gasteiger partial charge in [-0.05, 0) is 49.3 Å². The molecule has 0 spiro atoms. The minimum absolute atomic E-state index is 0.772. The Labute approximate surface area is 137 Å². The molecule has 0 bridgehead atoms. The molecule has 1 aliphatic carbocycles. The molecule has 2 nitrogen and oxygen atoms in total. The molecule has 116 valence electrons. The third-order valence-electron chi connectivity index (χ3n) is 4.87. The van der Waals surface area contributed by atoms with Crippen molar-refractivity contribution in [3.63, 3.8) is 0 Å². The largest absolute Gasteiger partial charge is 0.371 e. The highest BCUT2D eigenvalue weighted by Crippen LogP contribution is 2.29. The molecule has 1 saturated heterocycles. The van der Waals surface area contributed by atoms with Gasteiger partial charge in [0.05, 0.1) is 0 Å². The maximum Gasteiger partial charge on any atom is 0.0377 e. The van der Waals surface area contributed by atoms with Crippen molar-refractivity contribution in [1.29, 1.82) is 0 Å². The van der Waals surface area contributed by atoms with Crippen molar-refractivity contribution in [1.82, 2.24) is 5.32 Å². The van der Waals surface area contributed by atoms with E-state index in [1.54, 1.807) is 0 Å². The van der Waals surface area contributed by atoms with E-state index in [2.05, 4.69) is 51.3 Å². The van der Waals surface area contributed by atoms with Crippen LogP contribution in [-0.4, -0.2) is 19.1 Å². The monoisotopic (exact) mass is 350 g/mol. The van der Waals surface area contributed by atoms with Crippen molar-refractivity contribution in [2.24, 2.45) is 5.92 Å². The fourth-order valence-corrected chi connectivity index (χ4v) is 3.81. The number of rotatable bonds is 6. The van der Waals surface area contributed by atoms with E-state index in [9.17, 15) is 0 Å². The molecule has 1 N–H and O–H groups in total. The van der Waals surface area contributed by atoms with Crippen molar-refractivity contribution in [3.8, 4) is 0 Å². The second-order valence-electron chi connectivity index (χ2n) is 6.65. The lowest BCUT2D eigenvalue weighted by atomic mass is 9.92. The Kier molecular flexibility index (Phi) is 5.23. The van der Waals surface area contributed by atoms with Gasteiger partial charge in [0.15, 0.2) is 0 Å². The Hall–Kier alpha value is -0.540. The molecule has 0 unspecified atom stereocenters. The molecule has 2 fully saturated rings. The SMILES string of the molecule is CCCC1CCN(c2ccc(CNC3CC3)c(Br)c2)CC1. The maximum absolute atomic E-state index is 3.75. The smallest absolute Gasteiger partial charge is 0.0377 e. The van der Waals surface area contributed by atoms with Gasteiger partial charge in [0.1, 0.15) is 0 Å². The van der Waals surface area contributed by atoms with Gasteiger partial charge in [-0.25, -0.2) is 0 Å². The molecule has 3 heteroatoms. The molecule has 1 heterocycles. The van der Waals surface area contributed by atoms with Gasteiger partial charge in [-0.1, -0.05) is 41.8 Å². The Morgan fingerprint density at radius 1 is 1.19 bits per heavy atom. The average Bonchev–Trinajstić information content (AvgIpc) is 3.31. The summed E-state index contributed by atoms with van der Waals surface area (Å²) in [6.07, 6.45) is 8.15. The lowest BCUT2D eigenvalue weighted by Gasteiger charge is -2.33. The predicted molar refractivity (Wildman–Crippen MR) is 93.8 cm³/mol. The predicted octanol–water partition coefficient (Wildman–Crippen LogP) is 4.72. The Balaban J connectivity index is 1.57. The summed E-state index contributed by atoms with van der Waals surface area (Å²) in [6.45, 7) is 5.73. The van der Waals surface area contributed by atoms with Crippen LogP contribution >= 0.6 is 15.9 Å². The minimum atomic E-state index is 0.772. The first kappa shape index (κ1) is 15.4. The van der Waals surface area contributed by atoms with Gasteiger partial charge in [-0.15, -0.1) is 0 Å². The second kappa shape index (κ2) is 7.15. The molecule has 1 saturated carbocycles. The first-order valence-electron chi connectivity index (χ1n) is 8.53. The van der Waals surface area contributed by atoms with Crippen molar-refractivity contribution >= 4 is 21.6 Å². The van der Waals surface area contributed by atoms with Gasteiger partial charge in [0, 0.05) is 35.8 Å². The van der Waals surface area contributed by atoms with E-state index in [0.717, 1.165) is 18.5 Å². The lowest BCUT2D eigenvalue weighted by Crippen LogP contribution is -2.33. The number of hydrogen-bond acceptors (Lipinski definition) is 2. The topological polar surface area (TPSA) is 15.3 Å². The van der Waals surface area contributed by atoms with E-state index >= 15 is 0 Å². The zero-order valence-corrected chi connectivity index (χ0v) is 14.7. The van der Waals surface area contributed by atoms with Gasteiger partial charge in [-0.2, -0.15) is 0 Å². The van der Waals surface area contributed by atoms with Crippen LogP contribution in [0.25, 0.3) is 0 Å². The van der Waals surface area contributed by atoms with E-state index in [1.807, 2.05) is 0 Å². The van der Waals surface area contributed by atoms with E-state index in [4.69, 9.17) is 0 Å². The molecule has 0 atom stereocenters. The fourth-order valence-electron chi connectivity index (χ4n) is 3.31. The summed E-state index contributed by atoms with van der Waals surface area (Å²) >= 11 is 3.75. The van der Waals surface area contributed by atoms with Crippen molar-refractivity contribution < 1.29 is 0 Å². The van der Waals surface area contributed by atoms with Gasteiger partial charge in [0.25, 0.3) is 0 Å². The highest BCUT2D eigenvalue weighted by atomic mass is 79.9. The zero-order chi connectivity index (χ0) is 14.7. The van der Waals surface area contributed by atoms with Crippen LogP contribution in [-0.2, 0) is 6.54 Å². The molecule has 0 radical (unpaired) electrons. The zero-order valence-electron chi connectivity index (χ0n) is 13.1. The number of piperidine rings is 1. The van der Waals surface area contributed by atoms with E-state index < -0.39 is 0 Å². The first-order valence-corrected chi connectivity index (χ1v) is 9.32. The summed E-state index contributed by atoms with van der Waals surface area (Å²) in [5, 5.41) is 3.59. The van der Waals surface area contributed by atoms with Crippen LogP contribution in [0.3, 0.4) is 0 Å². The van der Waals surface area contributed by atoms with Crippen LogP contribution < -0.4 is 10.2 Å². The summed E-state index contributed by atoms with van der Waals surface area (Å²) in [7, 11) is 0. The van der Waals surface area contributed by atoms with Gasteiger partial charge < -0.3 is 10.2 Å². The highest BCUT2D eigenvalue weighted by molar-refractivity contribution is 9.10. The van der Waals surface area contributed by atoms with Crippen LogP contribution in [0, 0.1) is 5.92 Å². The molecule has 1 aliphatic heterocycles. The van der Waals surface area contributed by atoms with E-state index in [0.29, 0.717) is 0 Å². The quantitative estimate of drug-likeness (QED) is 0.798. The molecule has 1 aromatic carbocycles. The third kappa shape index (κ3) is 4.23. The number of anilines is 1. The molecule has 2 aliphatic rings. The highest BCUT2D eigenvalue weighted by Gasteiger charge is 2.21. The van der Waals surface area contributed by atoms with Gasteiger partial charge in [-0.3, -0.25) is 0 Å². The summed E-state index contributed by atoms with van der Waals surface area (Å²) in [5.74, 6) is 0.955. The van der Waals surface area contributed by atoms with Crippen LogP contribution in [0.2, 0.25) is 0 Å². The van der Waals surface area contributed by atoms with Crippen LogP contribution in [0.5, 0.6) is 0 Å². The summed E-state index contributed by atoms with van der Waals surface area (Å²) in [5.41, 5.74) is 2.76. The number of hydrogen-bond donors (Lipinski definition) is 1. The molecule has 0 aromatic heterocycles. The maximum atomic E-state index is 3.75. The second-order valence-corrected chi connectivity index (χ2v) is 7.50. The number of benzene rings is 1. The average molecular weight is 351 g/mol. The van der Waals surface area contributed by atoms with Crippen molar-refractivity contribution in [2.45, 2.75) is 58.0 Å². The fraction of sp³-hybridized carbons (Fsp3) is 0.667. The van der Waals surface area contributed by atoms with E-state index in [-0.39, 0.29) is 0 Å². The first-order chi connectivity index (χ1) is 10.3. The molecular weight excluding hydrogens is 324 g/mol. The minimum Gasteiger partial charge on any atom is -0.371 e. The Morgan fingerprint density at radius 3 is 2.57 bits per heavy atom. The van der Waals surface area contributed by atoms with Crippen LogP contribution in [0.15, 0.2) is 22.7 Å². The Bertz CT molecular complexity index is 462. The summed E-state index contributed by atoms with van der Waals surface area (Å²) < 4.78 is 1.25. The number of nitrogens with zero attached hydrogens (tertiary/aromatic N) is 1. The van der Waals surface area contributed by atoms with Crippen molar-refractivity contribution in [2.75, 3.05) is 18.0 Å². The van der Waals surface area contributed by atoms with Gasteiger partial charge in [0.2, 0.25) is 0 Å². The number of nitrogens with one attached hydrogen (secondary N) is 1. The Morgan fingerprint density at radius 2 is 1.95 bits per heavy atom. The summed E-state index contributed by atoms with van der Waals surface area (Å²) in [4.78, 5) is 2.55. The summed E-state index contributed by atoms with van der Waals surface area (Å²) in [6, 6.07) is 7.67. The number of halogens is 1. The molecular formula is C18H27BrN2. The van der Waals surface area contributed by atoms with Crippen LogP contribution in [0.1, 0.15) is 51.0 Å².